The molecule has 1 saturated carbocycles. The molecule has 0 aromatic carbocycles. The lowest BCUT2D eigenvalue weighted by Gasteiger charge is -2.29. The quantitative estimate of drug-likeness (QED) is 0.741. The predicted molar refractivity (Wildman–Crippen MR) is 74.3 cm³/mol. The van der Waals surface area contributed by atoms with Gasteiger partial charge in [-0.15, -0.1) is 0 Å². The van der Waals surface area contributed by atoms with Crippen LogP contribution in [0.15, 0.2) is 12.2 Å². The Morgan fingerprint density at radius 2 is 1.94 bits per heavy atom. The van der Waals surface area contributed by atoms with Gasteiger partial charge in [-0.25, -0.2) is 0 Å². The lowest BCUT2D eigenvalue weighted by Crippen LogP contribution is -2.37. The van der Waals surface area contributed by atoms with Crippen LogP contribution in [0.3, 0.4) is 0 Å². The first kappa shape index (κ1) is 14.7. The average Bonchev–Trinajstić information content (AvgIpc) is 2.24. The maximum absolute atomic E-state index is 5.98. The zero-order valence-electron chi connectivity index (χ0n) is 12.0. The summed E-state index contributed by atoms with van der Waals surface area (Å²) in [6.07, 6.45) is 5.68. The van der Waals surface area contributed by atoms with Gasteiger partial charge in [-0.1, -0.05) is 26.3 Å². The molecule has 0 saturated heterocycles. The van der Waals surface area contributed by atoms with E-state index in [9.17, 15) is 0 Å². The van der Waals surface area contributed by atoms with Crippen LogP contribution in [0.1, 0.15) is 53.4 Å². The van der Waals surface area contributed by atoms with Gasteiger partial charge >= 0.3 is 0 Å². The van der Waals surface area contributed by atoms with Gasteiger partial charge in [-0.05, 0) is 45.1 Å². The van der Waals surface area contributed by atoms with Crippen molar-refractivity contribution in [3.8, 4) is 0 Å². The average molecular weight is 239 g/mol. The fourth-order valence-electron chi connectivity index (χ4n) is 2.20. The summed E-state index contributed by atoms with van der Waals surface area (Å²) in [5, 5.41) is 3.44. The second-order valence-electron chi connectivity index (χ2n) is 6.46. The van der Waals surface area contributed by atoms with Crippen molar-refractivity contribution < 1.29 is 4.74 Å². The molecule has 0 aromatic heterocycles. The summed E-state index contributed by atoms with van der Waals surface area (Å²) in [5.74, 6) is 0.715. The molecule has 100 valence electrons. The number of hydrogen-bond donors (Lipinski definition) is 1. The van der Waals surface area contributed by atoms with Gasteiger partial charge in [0, 0.05) is 12.1 Å². The van der Waals surface area contributed by atoms with E-state index in [4.69, 9.17) is 4.74 Å². The second kappa shape index (κ2) is 6.55. The molecule has 2 unspecified atom stereocenters. The molecule has 0 amide bonds. The topological polar surface area (TPSA) is 21.3 Å². The van der Waals surface area contributed by atoms with Crippen molar-refractivity contribution in [2.45, 2.75) is 65.0 Å². The molecule has 17 heavy (non-hydrogen) atoms. The third-order valence-corrected chi connectivity index (χ3v) is 3.40. The van der Waals surface area contributed by atoms with E-state index >= 15 is 0 Å². The molecule has 1 fully saturated rings. The van der Waals surface area contributed by atoms with Gasteiger partial charge in [0.15, 0.2) is 0 Å². The molecule has 0 heterocycles. The van der Waals surface area contributed by atoms with Gasteiger partial charge in [0.05, 0.1) is 12.7 Å². The molecule has 0 aromatic rings. The Morgan fingerprint density at radius 3 is 2.53 bits per heavy atom. The first-order valence-electron chi connectivity index (χ1n) is 6.92. The lowest BCUT2D eigenvalue weighted by molar-refractivity contribution is 0.00648. The largest absolute Gasteiger partial charge is 0.374 e. The van der Waals surface area contributed by atoms with Crippen LogP contribution in [-0.4, -0.2) is 24.8 Å². The van der Waals surface area contributed by atoms with Crippen LogP contribution in [0.25, 0.3) is 0 Å². The molecule has 0 spiro atoms. The van der Waals surface area contributed by atoms with E-state index in [0.717, 1.165) is 12.1 Å². The Labute approximate surface area is 107 Å². The predicted octanol–water partition coefficient (Wildman–Crippen LogP) is 3.53. The van der Waals surface area contributed by atoms with Gasteiger partial charge in [-0.3, -0.25) is 0 Å². The fourth-order valence-corrected chi connectivity index (χ4v) is 2.20. The molecule has 0 bridgehead atoms. The van der Waals surface area contributed by atoms with E-state index in [1.807, 2.05) is 0 Å². The maximum atomic E-state index is 5.98. The summed E-state index contributed by atoms with van der Waals surface area (Å²) < 4.78 is 5.98. The third kappa shape index (κ3) is 6.23. The van der Waals surface area contributed by atoms with Crippen molar-refractivity contribution in [2.24, 2.45) is 5.92 Å². The van der Waals surface area contributed by atoms with Crippen LogP contribution < -0.4 is 5.32 Å². The Kier molecular flexibility index (Phi) is 5.68. The van der Waals surface area contributed by atoms with Crippen LogP contribution in [0, 0.1) is 5.92 Å². The van der Waals surface area contributed by atoms with E-state index in [1.165, 1.54) is 25.7 Å². The van der Waals surface area contributed by atoms with Gasteiger partial charge in [-0.2, -0.15) is 0 Å². The van der Waals surface area contributed by atoms with Gasteiger partial charge in [0.2, 0.25) is 0 Å². The smallest absolute Gasteiger partial charge is 0.0690 e. The number of rotatable bonds is 5. The minimum Gasteiger partial charge on any atom is -0.374 e. The molecule has 2 nitrogen and oxygen atoms in total. The normalized spacial score (nSPS) is 25.9. The van der Waals surface area contributed by atoms with Crippen LogP contribution in [-0.2, 0) is 4.74 Å². The highest BCUT2D eigenvalue weighted by atomic mass is 16.5. The highest BCUT2D eigenvalue weighted by Gasteiger charge is 2.21. The van der Waals surface area contributed by atoms with Crippen molar-refractivity contribution in [3.63, 3.8) is 0 Å². The van der Waals surface area contributed by atoms with Crippen LogP contribution in [0.2, 0.25) is 0 Å². The van der Waals surface area contributed by atoms with Gasteiger partial charge < -0.3 is 10.1 Å². The summed E-state index contributed by atoms with van der Waals surface area (Å²) >= 11 is 0. The second-order valence-corrected chi connectivity index (χ2v) is 6.46. The van der Waals surface area contributed by atoms with E-state index in [1.54, 1.807) is 0 Å². The standard InChI is InChI=1S/C15H29NO/c1-12(10-16-15(3,4)5)11-17-14-9-7-6-8-13(14)2/h13-14,16H,1,6-11H2,2-5H3. The molecular formula is C15H29NO. The molecule has 2 atom stereocenters. The van der Waals surface area contributed by atoms with Crippen LogP contribution >= 0.6 is 0 Å². The highest BCUT2D eigenvalue weighted by molar-refractivity contribution is 4.98. The maximum Gasteiger partial charge on any atom is 0.0690 e. The minimum atomic E-state index is 0.154. The minimum absolute atomic E-state index is 0.154. The molecule has 1 rings (SSSR count). The van der Waals surface area contributed by atoms with E-state index in [0.29, 0.717) is 18.6 Å². The van der Waals surface area contributed by atoms with Crippen molar-refractivity contribution in [1.29, 1.82) is 0 Å². The molecular weight excluding hydrogens is 210 g/mol. The fraction of sp³-hybridized carbons (Fsp3) is 0.867. The van der Waals surface area contributed by atoms with E-state index in [-0.39, 0.29) is 5.54 Å². The third-order valence-electron chi connectivity index (χ3n) is 3.40. The molecule has 1 aliphatic carbocycles. The Balaban J connectivity index is 2.19. The summed E-state index contributed by atoms with van der Waals surface area (Å²) in [5.41, 5.74) is 1.30. The summed E-state index contributed by atoms with van der Waals surface area (Å²) in [7, 11) is 0. The number of nitrogens with one attached hydrogen (secondary N) is 1. The molecule has 2 heteroatoms. The van der Waals surface area contributed by atoms with Gasteiger partial charge in [0.25, 0.3) is 0 Å². The Morgan fingerprint density at radius 1 is 1.29 bits per heavy atom. The highest BCUT2D eigenvalue weighted by Crippen LogP contribution is 2.26. The van der Waals surface area contributed by atoms with E-state index in [2.05, 4.69) is 39.6 Å². The van der Waals surface area contributed by atoms with Crippen molar-refractivity contribution >= 4 is 0 Å². The SMILES string of the molecule is C=C(CNC(C)(C)C)COC1CCCCC1C. The first-order chi connectivity index (χ1) is 7.88. The van der Waals surface area contributed by atoms with Crippen LogP contribution in [0.4, 0.5) is 0 Å². The van der Waals surface area contributed by atoms with Crippen molar-refractivity contribution in [3.05, 3.63) is 12.2 Å². The summed E-state index contributed by atoms with van der Waals surface area (Å²) in [6.45, 7) is 14.5. The first-order valence-corrected chi connectivity index (χ1v) is 6.92. The van der Waals surface area contributed by atoms with Crippen LogP contribution in [0.5, 0.6) is 0 Å². The zero-order chi connectivity index (χ0) is 12.9. The van der Waals surface area contributed by atoms with Crippen molar-refractivity contribution in [1.82, 2.24) is 5.32 Å². The molecule has 0 aliphatic heterocycles. The lowest BCUT2D eigenvalue weighted by atomic mass is 9.88. The van der Waals surface area contributed by atoms with E-state index < -0.39 is 0 Å². The summed E-state index contributed by atoms with van der Waals surface area (Å²) in [4.78, 5) is 0. The summed E-state index contributed by atoms with van der Waals surface area (Å²) in [6, 6.07) is 0. The van der Waals surface area contributed by atoms with Gasteiger partial charge in [0.1, 0.15) is 0 Å². The molecule has 0 radical (unpaired) electrons. The Bertz CT molecular complexity index is 242. The molecule has 1 aliphatic rings. The van der Waals surface area contributed by atoms with Crippen molar-refractivity contribution in [2.75, 3.05) is 13.2 Å². The number of hydrogen-bond acceptors (Lipinski definition) is 2. The number of ether oxygens (including phenoxy) is 1. The molecule has 1 N–H and O–H groups in total. The monoisotopic (exact) mass is 239 g/mol. The Hall–Kier alpha value is -0.340. The zero-order valence-corrected chi connectivity index (χ0v) is 12.0.